The molecule has 0 aliphatic rings. The third-order valence-electron chi connectivity index (χ3n) is 2.51. The molecule has 1 rings (SSSR count). The van der Waals surface area contributed by atoms with Crippen molar-refractivity contribution in [2.45, 2.75) is 31.1 Å². The molecule has 102 valence electrons. The van der Waals surface area contributed by atoms with Gasteiger partial charge in [0.2, 0.25) is 10.0 Å². The summed E-state index contributed by atoms with van der Waals surface area (Å²) in [5.41, 5.74) is 0. The van der Waals surface area contributed by atoms with Gasteiger partial charge in [-0.2, -0.15) is 0 Å². The summed E-state index contributed by atoms with van der Waals surface area (Å²) in [5.74, 6) is 0.460. The van der Waals surface area contributed by atoms with Gasteiger partial charge in [0, 0.05) is 6.54 Å². The van der Waals surface area contributed by atoms with E-state index in [1.54, 1.807) is 6.07 Å². The number of hydrogen-bond acceptors (Lipinski definition) is 3. The topological polar surface area (TPSA) is 55.4 Å². The predicted molar refractivity (Wildman–Crippen MR) is 72.7 cm³/mol. The summed E-state index contributed by atoms with van der Waals surface area (Å²) in [4.78, 5) is 0.157. The Hall–Kier alpha value is -0.780. The molecule has 18 heavy (non-hydrogen) atoms. The Morgan fingerprint density at radius 3 is 2.61 bits per heavy atom. The van der Waals surface area contributed by atoms with Crippen molar-refractivity contribution >= 4 is 21.6 Å². The van der Waals surface area contributed by atoms with E-state index in [-0.39, 0.29) is 9.92 Å². The first-order valence-electron chi connectivity index (χ1n) is 5.84. The molecule has 0 radical (unpaired) electrons. The number of sulfonamides is 1. The Labute approximate surface area is 113 Å². The molecule has 0 unspecified atom stereocenters. The zero-order valence-electron chi connectivity index (χ0n) is 10.6. The first-order chi connectivity index (χ1) is 8.51. The highest BCUT2D eigenvalue weighted by atomic mass is 35.5. The Morgan fingerprint density at radius 1 is 1.33 bits per heavy atom. The highest BCUT2D eigenvalue weighted by molar-refractivity contribution is 7.89. The molecule has 6 heteroatoms. The number of rotatable bonds is 7. The lowest BCUT2D eigenvalue weighted by atomic mass is 10.3. The van der Waals surface area contributed by atoms with Gasteiger partial charge in [0.25, 0.3) is 0 Å². The van der Waals surface area contributed by atoms with Crippen LogP contribution in [0, 0.1) is 0 Å². The van der Waals surface area contributed by atoms with Gasteiger partial charge in [-0.05, 0) is 24.6 Å². The van der Waals surface area contributed by atoms with Crippen molar-refractivity contribution in [3.8, 4) is 5.75 Å². The van der Waals surface area contributed by atoms with Gasteiger partial charge in [-0.1, -0.05) is 31.4 Å². The molecule has 0 heterocycles. The van der Waals surface area contributed by atoms with Crippen LogP contribution < -0.4 is 9.46 Å². The average molecular weight is 292 g/mol. The fourth-order valence-electron chi connectivity index (χ4n) is 1.48. The molecule has 0 saturated heterocycles. The number of benzene rings is 1. The van der Waals surface area contributed by atoms with Crippen LogP contribution in [-0.4, -0.2) is 22.1 Å². The molecule has 0 atom stereocenters. The summed E-state index contributed by atoms with van der Waals surface area (Å²) >= 11 is 5.90. The monoisotopic (exact) mass is 291 g/mol. The van der Waals surface area contributed by atoms with E-state index in [1.807, 2.05) is 0 Å². The zero-order chi connectivity index (χ0) is 13.6. The number of halogens is 1. The van der Waals surface area contributed by atoms with E-state index in [1.165, 1.54) is 19.2 Å². The van der Waals surface area contributed by atoms with Gasteiger partial charge in [-0.15, -0.1) is 0 Å². The maximum atomic E-state index is 11.9. The van der Waals surface area contributed by atoms with Crippen LogP contribution in [0.2, 0.25) is 5.02 Å². The maximum Gasteiger partial charge on any atom is 0.240 e. The van der Waals surface area contributed by atoms with Crippen molar-refractivity contribution in [1.29, 1.82) is 0 Å². The van der Waals surface area contributed by atoms with Crippen LogP contribution in [0.3, 0.4) is 0 Å². The Kier molecular flexibility index (Phi) is 5.91. The third-order valence-corrected chi connectivity index (χ3v) is 4.26. The molecule has 0 aromatic heterocycles. The summed E-state index contributed by atoms with van der Waals surface area (Å²) in [6.07, 6.45) is 2.89. The molecule has 0 fully saturated rings. The van der Waals surface area contributed by atoms with Crippen LogP contribution in [0.5, 0.6) is 5.75 Å². The second-order valence-electron chi connectivity index (χ2n) is 3.90. The standard InChI is InChI=1S/C12H18ClNO3S/c1-3-4-5-8-14-18(15,16)10-6-7-12(17-2)11(13)9-10/h6-7,9,14H,3-5,8H2,1-2H3. The number of methoxy groups -OCH3 is 1. The van der Waals surface area contributed by atoms with Crippen LogP contribution in [0.1, 0.15) is 26.2 Å². The van der Waals surface area contributed by atoms with Crippen LogP contribution >= 0.6 is 11.6 Å². The van der Waals surface area contributed by atoms with Gasteiger partial charge < -0.3 is 4.74 Å². The van der Waals surface area contributed by atoms with Gasteiger partial charge in [0.1, 0.15) is 5.75 Å². The van der Waals surface area contributed by atoms with E-state index in [2.05, 4.69) is 11.6 Å². The molecule has 0 aliphatic carbocycles. The van der Waals surface area contributed by atoms with Crippen molar-refractivity contribution < 1.29 is 13.2 Å². The van der Waals surface area contributed by atoms with Crippen molar-refractivity contribution in [2.75, 3.05) is 13.7 Å². The fourth-order valence-corrected chi connectivity index (χ4v) is 2.90. The molecule has 1 aromatic rings. The van der Waals surface area contributed by atoms with E-state index >= 15 is 0 Å². The predicted octanol–water partition coefficient (Wildman–Crippen LogP) is 2.82. The van der Waals surface area contributed by atoms with E-state index in [9.17, 15) is 8.42 Å². The van der Waals surface area contributed by atoms with E-state index in [0.29, 0.717) is 12.3 Å². The number of ether oxygens (including phenoxy) is 1. The summed E-state index contributed by atoms with van der Waals surface area (Å²) < 4.78 is 31.4. The first-order valence-corrected chi connectivity index (χ1v) is 7.70. The molecule has 0 spiro atoms. The minimum absolute atomic E-state index is 0.157. The summed E-state index contributed by atoms with van der Waals surface area (Å²) in [6.45, 7) is 2.51. The second kappa shape index (κ2) is 6.97. The molecule has 1 aromatic carbocycles. The van der Waals surface area contributed by atoms with Crippen LogP contribution in [-0.2, 0) is 10.0 Å². The number of nitrogens with one attached hydrogen (secondary N) is 1. The largest absolute Gasteiger partial charge is 0.495 e. The minimum Gasteiger partial charge on any atom is -0.495 e. The SMILES string of the molecule is CCCCCNS(=O)(=O)c1ccc(OC)c(Cl)c1. The Balaban J connectivity index is 2.76. The van der Waals surface area contributed by atoms with Crippen molar-refractivity contribution in [1.82, 2.24) is 4.72 Å². The fraction of sp³-hybridized carbons (Fsp3) is 0.500. The lowest BCUT2D eigenvalue weighted by molar-refractivity contribution is 0.414. The Morgan fingerprint density at radius 2 is 2.06 bits per heavy atom. The zero-order valence-corrected chi connectivity index (χ0v) is 12.1. The highest BCUT2D eigenvalue weighted by Gasteiger charge is 2.15. The lowest BCUT2D eigenvalue weighted by Crippen LogP contribution is -2.24. The summed E-state index contributed by atoms with van der Waals surface area (Å²) in [6, 6.07) is 4.42. The quantitative estimate of drug-likeness (QED) is 0.786. The van der Waals surface area contributed by atoms with Crippen molar-refractivity contribution in [2.24, 2.45) is 0 Å². The van der Waals surface area contributed by atoms with E-state index in [4.69, 9.17) is 16.3 Å². The van der Waals surface area contributed by atoms with E-state index < -0.39 is 10.0 Å². The minimum atomic E-state index is -3.48. The van der Waals surface area contributed by atoms with Gasteiger partial charge in [-0.3, -0.25) is 0 Å². The molecular formula is C12H18ClNO3S. The van der Waals surface area contributed by atoms with Gasteiger partial charge in [-0.25, -0.2) is 13.1 Å². The molecule has 0 aliphatic heterocycles. The lowest BCUT2D eigenvalue weighted by Gasteiger charge is -2.08. The van der Waals surface area contributed by atoms with E-state index in [0.717, 1.165) is 19.3 Å². The number of hydrogen-bond donors (Lipinski definition) is 1. The molecule has 0 bridgehead atoms. The molecule has 1 N–H and O–H groups in total. The van der Waals surface area contributed by atoms with Crippen molar-refractivity contribution in [3.05, 3.63) is 23.2 Å². The summed E-state index contributed by atoms with van der Waals surface area (Å²) in [7, 11) is -1.99. The molecular weight excluding hydrogens is 274 g/mol. The number of unbranched alkanes of at least 4 members (excludes halogenated alkanes) is 2. The molecule has 0 saturated carbocycles. The average Bonchev–Trinajstić information content (AvgIpc) is 2.34. The Bertz CT molecular complexity index is 488. The van der Waals surface area contributed by atoms with Gasteiger partial charge >= 0.3 is 0 Å². The smallest absolute Gasteiger partial charge is 0.240 e. The van der Waals surface area contributed by atoms with Gasteiger partial charge in [0.05, 0.1) is 17.0 Å². The third kappa shape index (κ3) is 4.15. The molecule has 4 nitrogen and oxygen atoms in total. The maximum absolute atomic E-state index is 11.9. The van der Waals surface area contributed by atoms with Crippen LogP contribution in [0.15, 0.2) is 23.1 Å². The first kappa shape index (κ1) is 15.3. The molecule has 0 amide bonds. The van der Waals surface area contributed by atoms with Crippen LogP contribution in [0.4, 0.5) is 0 Å². The normalized spacial score (nSPS) is 11.5. The highest BCUT2D eigenvalue weighted by Crippen LogP contribution is 2.26. The van der Waals surface area contributed by atoms with Crippen LogP contribution in [0.25, 0.3) is 0 Å². The second-order valence-corrected chi connectivity index (χ2v) is 6.08. The van der Waals surface area contributed by atoms with Gasteiger partial charge in [0.15, 0.2) is 0 Å². The van der Waals surface area contributed by atoms with Crippen molar-refractivity contribution in [3.63, 3.8) is 0 Å². The summed E-state index contributed by atoms with van der Waals surface area (Å²) in [5, 5.41) is 0.286.